The summed E-state index contributed by atoms with van der Waals surface area (Å²) in [5.74, 6) is 1.44. The molecule has 29 heavy (non-hydrogen) atoms. The fourth-order valence-corrected chi connectivity index (χ4v) is 5.16. The van der Waals surface area contributed by atoms with Gasteiger partial charge in [0.05, 0.1) is 0 Å². The number of amides is 1. The third-order valence-electron chi connectivity index (χ3n) is 6.88. The van der Waals surface area contributed by atoms with Crippen LogP contribution in [-0.2, 0) is 7.05 Å². The van der Waals surface area contributed by atoms with Crippen molar-refractivity contribution in [2.75, 3.05) is 19.6 Å². The van der Waals surface area contributed by atoms with Crippen molar-refractivity contribution in [1.29, 1.82) is 0 Å². The van der Waals surface area contributed by atoms with Crippen LogP contribution in [0.25, 0.3) is 0 Å². The Labute approximate surface area is 174 Å². The van der Waals surface area contributed by atoms with Gasteiger partial charge in [-0.05, 0) is 49.1 Å². The molecule has 2 fully saturated rings. The Kier molecular flexibility index (Phi) is 6.65. The van der Waals surface area contributed by atoms with E-state index >= 15 is 0 Å². The molecule has 1 N–H and O–H groups in total. The number of rotatable bonds is 6. The van der Waals surface area contributed by atoms with Gasteiger partial charge in [-0.2, -0.15) is 5.10 Å². The lowest BCUT2D eigenvalue weighted by molar-refractivity contribution is 0.0895. The Bertz CT molecular complexity index is 773. The van der Waals surface area contributed by atoms with Crippen molar-refractivity contribution in [3.05, 3.63) is 53.9 Å². The van der Waals surface area contributed by atoms with Gasteiger partial charge >= 0.3 is 0 Å². The monoisotopic (exact) mass is 394 g/mol. The van der Waals surface area contributed by atoms with Gasteiger partial charge in [-0.25, -0.2) is 0 Å². The molecular formula is C24H34N4O. The van der Waals surface area contributed by atoms with E-state index in [2.05, 4.69) is 45.6 Å². The van der Waals surface area contributed by atoms with Gasteiger partial charge in [0.1, 0.15) is 5.69 Å². The standard InChI is InChI=1S/C24H34N4O/c1-27-23(12-15-25-27)24(29)26-21-13-16-28(17-14-21)18-22(19-8-4-2-5-9-19)20-10-6-3-7-11-20/h2,4-5,8-9,12,15,20-22H,3,6-7,10-11,13-14,16-18H2,1H3,(H,26,29). The fourth-order valence-electron chi connectivity index (χ4n) is 5.16. The summed E-state index contributed by atoms with van der Waals surface area (Å²) in [7, 11) is 1.81. The lowest BCUT2D eigenvalue weighted by Crippen LogP contribution is -2.46. The van der Waals surface area contributed by atoms with Crippen molar-refractivity contribution in [3.8, 4) is 0 Å². The normalized spacial score (nSPS) is 20.4. The Morgan fingerprint density at radius 3 is 2.45 bits per heavy atom. The SMILES string of the molecule is Cn1nccc1C(=O)NC1CCN(CC(c2ccccc2)C2CCCCC2)CC1. The number of nitrogens with zero attached hydrogens (tertiary/aromatic N) is 3. The molecule has 1 aromatic carbocycles. The molecule has 0 bridgehead atoms. The summed E-state index contributed by atoms with van der Waals surface area (Å²) in [5.41, 5.74) is 2.14. The molecule has 0 radical (unpaired) electrons. The van der Waals surface area contributed by atoms with Gasteiger partial charge in [-0.15, -0.1) is 0 Å². The van der Waals surface area contributed by atoms with E-state index in [1.54, 1.807) is 16.9 Å². The van der Waals surface area contributed by atoms with Crippen LogP contribution < -0.4 is 5.32 Å². The summed E-state index contributed by atoms with van der Waals surface area (Å²) >= 11 is 0. The summed E-state index contributed by atoms with van der Waals surface area (Å²) < 4.78 is 1.64. The van der Waals surface area contributed by atoms with E-state index in [1.807, 2.05) is 7.05 Å². The molecule has 1 aromatic heterocycles. The second-order valence-electron chi connectivity index (χ2n) is 8.80. The molecule has 1 aliphatic heterocycles. The van der Waals surface area contributed by atoms with Crippen molar-refractivity contribution < 1.29 is 4.79 Å². The highest BCUT2D eigenvalue weighted by Crippen LogP contribution is 2.37. The van der Waals surface area contributed by atoms with Crippen molar-refractivity contribution in [3.63, 3.8) is 0 Å². The summed E-state index contributed by atoms with van der Waals surface area (Å²) in [4.78, 5) is 15.1. The molecule has 1 saturated heterocycles. The Hall–Kier alpha value is -2.14. The topological polar surface area (TPSA) is 50.2 Å². The summed E-state index contributed by atoms with van der Waals surface area (Å²) in [5, 5.41) is 7.30. The highest BCUT2D eigenvalue weighted by Gasteiger charge is 2.29. The lowest BCUT2D eigenvalue weighted by Gasteiger charge is -2.38. The molecule has 1 aliphatic carbocycles. The number of aromatic nitrogens is 2. The lowest BCUT2D eigenvalue weighted by atomic mass is 9.76. The minimum absolute atomic E-state index is 0.00665. The van der Waals surface area contributed by atoms with E-state index in [-0.39, 0.29) is 11.9 Å². The van der Waals surface area contributed by atoms with E-state index < -0.39 is 0 Å². The highest BCUT2D eigenvalue weighted by molar-refractivity contribution is 5.92. The van der Waals surface area contributed by atoms with Crippen LogP contribution in [0.5, 0.6) is 0 Å². The van der Waals surface area contributed by atoms with Gasteiger partial charge in [-0.1, -0.05) is 49.6 Å². The van der Waals surface area contributed by atoms with Gasteiger partial charge in [0.15, 0.2) is 0 Å². The minimum atomic E-state index is -0.00665. The van der Waals surface area contributed by atoms with Gasteiger partial charge < -0.3 is 10.2 Å². The van der Waals surface area contributed by atoms with Crippen LogP contribution in [0.1, 0.15) is 66.9 Å². The molecule has 4 rings (SSSR count). The first-order valence-corrected chi connectivity index (χ1v) is 11.3. The largest absolute Gasteiger partial charge is 0.348 e. The average Bonchev–Trinajstić information content (AvgIpc) is 3.20. The Morgan fingerprint density at radius 2 is 1.79 bits per heavy atom. The van der Waals surface area contributed by atoms with Gasteiger partial charge in [0.2, 0.25) is 0 Å². The van der Waals surface area contributed by atoms with Crippen molar-refractivity contribution in [2.45, 2.75) is 56.9 Å². The molecular weight excluding hydrogens is 360 g/mol. The van der Waals surface area contributed by atoms with Crippen LogP contribution in [-0.4, -0.2) is 46.3 Å². The van der Waals surface area contributed by atoms with Crippen LogP contribution in [0.3, 0.4) is 0 Å². The number of carbonyl (C=O) groups excluding carboxylic acids is 1. The average molecular weight is 395 g/mol. The number of nitrogens with one attached hydrogen (secondary N) is 1. The molecule has 2 aromatic rings. The fraction of sp³-hybridized carbons (Fsp3) is 0.583. The molecule has 5 heteroatoms. The molecule has 0 spiro atoms. The highest BCUT2D eigenvalue weighted by atomic mass is 16.2. The molecule has 156 valence electrons. The van der Waals surface area contributed by atoms with Crippen molar-refractivity contribution in [2.24, 2.45) is 13.0 Å². The van der Waals surface area contributed by atoms with Gasteiger partial charge in [0.25, 0.3) is 5.91 Å². The zero-order valence-electron chi connectivity index (χ0n) is 17.6. The van der Waals surface area contributed by atoms with Crippen LogP contribution in [0.4, 0.5) is 0 Å². The predicted molar refractivity (Wildman–Crippen MR) is 116 cm³/mol. The number of carbonyl (C=O) groups is 1. The molecule has 2 aliphatic rings. The predicted octanol–water partition coefficient (Wildman–Crippen LogP) is 3.98. The summed E-state index contributed by atoms with van der Waals surface area (Å²) in [6.07, 6.45) is 10.6. The number of hydrogen-bond donors (Lipinski definition) is 1. The maximum Gasteiger partial charge on any atom is 0.269 e. The zero-order chi connectivity index (χ0) is 20.1. The molecule has 1 unspecified atom stereocenters. The molecule has 2 heterocycles. The van der Waals surface area contributed by atoms with E-state index in [0.717, 1.165) is 38.4 Å². The number of aryl methyl sites for hydroxylation is 1. The molecule has 1 amide bonds. The van der Waals surface area contributed by atoms with Crippen LogP contribution in [0, 0.1) is 5.92 Å². The smallest absolute Gasteiger partial charge is 0.269 e. The van der Waals surface area contributed by atoms with E-state index in [0.29, 0.717) is 11.6 Å². The quantitative estimate of drug-likeness (QED) is 0.806. The number of likely N-dealkylation sites (tertiary alicyclic amines) is 1. The van der Waals surface area contributed by atoms with Crippen molar-refractivity contribution in [1.82, 2.24) is 20.0 Å². The number of piperidine rings is 1. The number of benzene rings is 1. The van der Waals surface area contributed by atoms with Crippen LogP contribution >= 0.6 is 0 Å². The summed E-state index contributed by atoms with van der Waals surface area (Å²) in [6.45, 7) is 3.27. The van der Waals surface area contributed by atoms with Crippen LogP contribution in [0.15, 0.2) is 42.6 Å². The Balaban J connectivity index is 1.33. The molecule has 1 saturated carbocycles. The first-order chi connectivity index (χ1) is 14.2. The second-order valence-corrected chi connectivity index (χ2v) is 8.80. The van der Waals surface area contributed by atoms with E-state index in [4.69, 9.17) is 0 Å². The third kappa shape index (κ3) is 5.08. The Morgan fingerprint density at radius 1 is 1.07 bits per heavy atom. The first kappa shape index (κ1) is 20.1. The van der Waals surface area contributed by atoms with Crippen molar-refractivity contribution >= 4 is 5.91 Å². The molecule has 5 nitrogen and oxygen atoms in total. The maximum absolute atomic E-state index is 12.5. The number of hydrogen-bond acceptors (Lipinski definition) is 3. The van der Waals surface area contributed by atoms with Crippen LogP contribution in [0.2, 0.25) is 0 Å². The molecule has 1 atom stereocenters. The zero-order valence-corrected chi connectivity index (χ0v) is 17.6. The second kappa shape index (κ2) is 9.57. The summed E-state index contributed by atoms with van der Waals surface area (Å²) in [6, 6.07) is 13.2. The van der Waals surface area contributed by atoms with E-state index in [1.165, 1.54) is 37.7 Å². The van der Waals surface area contributed by atoms with Gasteiger partial charge in [0, 0.05) is 38.9 Å². The first-order valence-electron chi connectivity index (χ1n) is 11.3. The minimum Gasteiger partial charge on any atom is -0.348 e. The van der Waals surface area contributed by atoms with Gasteiger partial charge in [-0.3, -0.25) is 9.48 Å². The van der Waals surface area contributed by atoms with E-state index in [9.17, 15) is 4.79 Å². The maximum atomic E-state index is 12.5. The third-order valence-corrected chi connectivity index (χ3v) is 6.88.